The first-order valence-corrected chi connectivity index (χ1v) is 12.5. The number of aliphatic carboxylic acids is 1. The highest BCUT2D eigenvalue weighted by atomic mass is 35.5. The molecule has 3 aromatic rings. The lowest BCUT2D eigenvalue weighted by molar-refractivity contribution is -0.147. The molecule has 35 heavy (non-hydrogen) atoms. The van der Waals surface area contributed by atoms with Crippen molar-refractivity contribution in [2.24, 2.45) is 5.92 Å². The van der Waals surface area contributed by atoms with Crippen LogP contribution in [0.3, 0.4) is 0 Å². The van der Waals surface area contributed by atoms with Crippen LogP contribution in [0.4, 0.5) is 0 Å². The van der Waals surface area contributed by atoms with E-state index in [9.17, 15) is 4.79 Å². The van der Waals surface area contributed by atoms with Crippen molar-refractivity contribution in [2.75, 3.05) is 19.7 Å². The Balaban J connectivity index is 1.21. The van der Waals surface area contributed by atoms with Gasteiger partial charge in [0.2, 0.25) is 0 Å². The molecule has 9 heteroatoms. The van der Waals surface area contributed by atoms with E-state index in [0.717, 1.165) is 39.1 Å². The normalized spacial score (nSPS) is 17.0. The first kappa shape index (κ1) is 24.0. The molecule has 0 bridgehead atoms. The van der Waals surface area contributed by atoms with E-state index in [4.69, 9.17) is 37.8 Å². The van der Waals surface area contributed by atoms with Crippen molar-refractivity contribution in [1.29, 1.82) is 0 Å². The second-order valence-corrected chi connectivity index (χ2v) is 10.2. The molecular weight excluding hydrogens is 489 g/mol. The molecule has 0 saturated carbocycles. The van der Waals surface area contributed by atoms with Gasteiger partial charge in [-0.15, -0.1) is 11.6 Å². The van der Waals surface area contributed by atoms with Crippen molar-refractivity contribution >= 4 is 46.2 Å². The van der Waals surface area contributed by atoms with Gasteiger partial charge in [0.25, 0.3) is 0 Å². The predicted octanol–water partition coefficient (Wildman–Crippen LogP) is 5.60. The molecule has 5 rings (SSSR count). The first-order chi connectivity index (χ1) is 16.8. The highest BCUT2D eigenvalue weighted by molar-refractivity contribution is 6.34. The van der Waals surface area contributed by atoms with Crippen LogP contribution < -0.4 is 9.47 Å². The molecule has 1 N–H and O–H groups in total. The Labute approximate surface area is 213 Å². The van der Waals surface area contributed by atoms with E-state index in [0.29, 0.717) is 37.9 Å². The summed E-state index contributed by atoms with van der Waals surface area (Å²) in [5.41, 5.74) is 3.84. The van der Waals surface area contributed by atoms with Gasteiger partial charge in [0.1, 0.15) is 24.7 Å². The summed E-state index contributed by atoms with van der Waals surface area (Å²) in [6.45, 7) is 5.99. The lowest BCUT2D eigenvalue weighted by atomic mass is 9.98. The van der Waals surface area contributed by atoms with Gasteiger partial charge in [0, 0.05) is 42.6 Å². The molecule has 0 amide bonds. The van der Waals surface area contributed by atoms with Gasteiger partial charge in [-0.1, -0.05) is 17.7 Å². The topological polar surface area (TPSA) is 76.8 Å². The van der Waals surface area contributed by atoms with Crippen LogP contribution in [0.2, 0.25) is 5.15 Å². The minimum atomic E-state index is -0.760. The van der Waals surface area contributed by atoms with Gasteiger partial charge in [0.15, 0.2) is 5.15 Å². The summed E-state index contributed by atoms with van der Waals surface area (Å²) in [7, 11) is 0. The maximum Gasteiger partial charge on any atom is 0.309 e. The average Bonchev–Trinajstić information content (AvgIpc) is 3.12. The Morgan fingerprint density at radius 2 is 2.06 bits per heavy atom. The Hall–Kier alpha value is -2.74. The van der Waals surface area contributed by atoms with Crippen LogP contribution in [0.25, 0.3) is 17.0 Å². The number of fused-ring (bicyclic) bond motifs is 2. The maximum atomic E-state index is 11.0. The van der Waals surface area contributed by atoms with Gasteiger partial charge in [-0.25, -0.2) is 0 Å². The van der Waals surface area contributed by atoms with Crippen molar-refractivity contribution in [3.05, 3.63) is 58.3 Å². The number of carboxylic acids is 1. The van der Waals surface area contributed by atoms with E-state index in [1.54, 1.807) is 0 Å². The number of rotatable bonds is 8. The quantitative estimate of drug-likeness (QED) is 0.311. The van der Waals surface area contributed by atoms with Crippen molar-refractivity contribution < 1.29 is 19.4 Å². The van der Waals surface area contributed by atoms with Gasteiger partial charge in [-0.2, -0.15) is 5.10 Å². The first-order valence-electron chi connectivity index (χ1n) is 11.6. The minimum Gasteiger partial charge on any atom is -0.489 e. The monoisotopic (exact) mass is 515 g/mol. The fourth-order valence-electron chi connectivity index (χ4n) is 4.44. The number of benzene rings is 2. The van der Waals surface area contributed by atoms with Crippen LogP contribution in [0, 0.1) is 5.92 Å². The summed E-state index contributed by atoms with van der Waals surface area (Å²) in [4.78, 5) is 13.0. The SMILES string of the molecule is CC(C)n1nc(Cl)c2cc(COc3ccc4c(c3)OCC(CC(Cl)N3CC(C(=O)O)C3)=C4)ccc21. The molecule has 2 aliphatic heterocycles. The third-order valence-corrected chi connectivity index (χ3v) is 7.17. The van der Waals surface area contributed by atoms with Crippen LogP contribution >= 0.6 is 23.2 Å². The summed E-state index contributed by atoms with van der Waals surface area (Å²) in [6, 6.07) is 12.1. The number of carboxylic acid groups (broad SMARTS) is 1. The van der Waals surface area contributed by atoms with E-state index in [-0.39, 0.29) is 17.5 Å². The molecule has 0 spiro atoms. The molecule has 2 aromatic carbocycles. The lowest BCUT2D eigenvalue weighted by Crippen LogP contribution is -2.53. The molecule has 0 radical (unpaired) electrons. The molecule has 1 unspecified atom stereocenters. The molecule has 0 aliphatic carbocycles. The summed E-state index contributed by atoms with van der Waals surface area (Å²) in [6.07, 6.45) is 2.72. The lowest BCUT2D eigenvalue weighted by Gasteiger charge is -2.40. The van der Waals surface area contributed by atoms with E-state index < -0.39 is 5.97 Å². The number of aromatic nitrogens is 2. The van der Waals surface area contributed by atoms with Crippen molar-refractivity contribution in [1.82, 2.24) is 14.7 Å². The van der Waals surface area contributed by atoms with Crippen LogP contribution in [-0.4, -0.2) is 51.0 Å². The van der Waals surface area contributed by atoms with E-state index in [2.05, 4.69) is 25.0 Å². The highest BCUT2D eigenvalue weighted by Crippen LogP contribution is 2.34. The number of alkyl halides is 1. The number of carbonyl (C=O) groups is 1. The second kappa shape index (κ2) is 9.72. The molecule has 184 valence electrons. The largest absolute Gasteiger partial charge is 0.489 e. The summed E-state index contributed by atoms with van der Waals surface area (Å²) in [5, 5.41) is 14.9. The van der Waals surface area contributed by atoms with E-state index >= 15 is 0 Å². The zero-order chi connectivity index (χ0) is 24.7. The van der Waals surface area contributed by atoms with Gasteiger partial charge in [-0.05, 0) is 55.3 Å². The number of hydrogen-bond donors (Lipinski definition) is 1. The highest BCUT2D eigenvalue weighted by Gasteiger charge is 2.36. The molecule has 2 aliphatic rings. The van der Waals surface area contributed by atoms with Gasteiger partial charge in [0.05, 0.1) is 16.9 Å². The van der Waals surface area contributed by atoms with Crippen molar-refractivity contribution in [3.8, 4) is 11.5 Å². The van der Waals surface area contributed by atoms with Crippen LogP contribution in [-0.2, 0) is 11.4 Å². The third-order valence-electron chi connectivity index (χ3n) is 6.46. The fourth-order valence-corrected chi connectivity index (χ4v) is 5.03. The molecule has 1 saturated heterocycles. The van der Waals surface area contributed by atoms with Crippen LogP contribution in [0.15, 0.2) is 42.0 Å². The summed E-state index contributed by atoms with van der Waals surface area (Å²) < 4.78 is 13.9. The minimum absolute atomic E-state index is 0.229. The Kier molecular flexibility index (Phi) is 6.66. The van der Waals surface area contributed by atoms with Gasteiger partial charge < -0.3 is 14.6 Å². The Morgan fingerprint density at radius 1 is 1.26 bits per heavy atom. The van der Waals surface area contributed by atoms with E-state index in [1.165, 1.54) is 0 Å². The average molecular weight is 516 g/mol. The predicted molar refractivity (Wildman–Crippen MR) is 136 cm³/mol. The number of likely N-dealkylation sites (tertiary alicyclic amines) is 1. The molecule has 1 fully saturated rings. The standard InChI is InChI=1S/C26H27Cl2N3O4/c1-15(2)31-22-6-3-16(8-21(22)25(28)29-31)13-34-20-5-4-18-7-17(14-35-23(18)10-20)9-24(27)30-11-19(12-30)26(32)33/h3-8,10,15,19,24H,9,11-14H2,1-2H3,(H,32,33). The van der Waals surface area contributed by atoms with Crippen molar-refractivity contribution in [2.45, 2.75) is 38.4 Å². The van der Waals surface area contributed by atoms with Gasteiger partial charge >= 0.3 is 5.97 Å². The number of nitrogens with zero attached hydrogens (tertiary/aromatic N) is 3. The van der Waals surface area contributed by atoms with Crippen LogP contribution in [0.5, 0.6) is 11.5 Å². The number of halogens is 2. The zero-order valence-electron chi connectivity index (χ0n) is 19.6. The van der Waals surface area contributed by atoms with Crippen molar-refractivity contribution in [3.63, 3.8) is 0 Å². The fraction of sp³-hybridized carbons (Fsp3) is 0.385. The second-order valence-electron chi connectivity index (χ2n) is 9.39. The Bertz CT molecular complexity index is 1300. The summed E-state index contributed by atoms with van der Waals surface area (Å²) >= 11 is 12.9. The molecule has 1 atom stereocenters. The zero-order valence-corrected chi connectivity index (χ0v) is 21.1. The molecule has 7 nitrogen and oxygen atoms in total. The maximum absolute atomic E-state index is 11.0. The van der Waals surface area contributed by atoms with Crippen LogP contribution in [0.1, 0.15) is 37.4 Å². The number of hydrogen-bond acceptors (Lipinski definition) is 5. The molecule has 1 aromatic heterocycles. The number of ether oxygens (including phenoxy) is 2. The Morgan fingerprint density at radius 3 is 2.80 bits per heavy atom. The summed E-state index contributed by atoms with van der Waals surface area (Å²) in [5.74, 6) is 0.414. The van der Waals surface area contributed by atoms with E-state index in [1.807, 2.05) is 46.0 Å². The third kappa shape index (κ3) is 4.99. The molecular formula is C26H27Cl2N3O4. The smallest absolute Gasteiger partial charge is 0.309 e. The molecule has 3 heterocycles. The van der Waals surface area contributed by atoms with Gasteiger partial charge in [-0.3, -0.25) is 14.4 Å².